The first kappa shape index (κ1) is 24.3. The molecule has 0 saturated carbocycles. The minimum Gasteiger partial charge on any atom is -0.377 e. The number of halogens is 1. The van der Waals surface area contributed by atoms with Gasteiger partial charge < -0.3 is 20.0 Å². The first-order chi connectivity index (χ1) is 14.6. The Bertz CT molecular complexity index is 912. The van der Waals surface area contributed by atoms with Crippen LogP contribution in [0.1, 0.15) is 29.8 Å². The fourth-order valence-electron chi connectivity index (χ4n) is 3.26. The van der Waals surface area contributed by atoms with Crippen LogP contribution in [0, 0.1) is 11.7 Å². The Kier molecular flexibility index (Phi) is 8.56. The van der Waals surface area contributed by atoms with E-state index in [0.717, 1.165) is 17.8 Å². The summed E-state index contributed by atoms with van der Waals surface area (Å²) in [6.07, 6.45) is 0. The number of nitrogens with zero attached hydrogens (tertiary/aromatic N) is 2. The molecule has 168 valence electrons. The summed E-state index contributed by atoms with van der Waals surface area (Å²) in [6, 6.07) is 11.2. The lowest BCUT2D eigenvalue weighted by atomic mass is 10.1. The van der Waals surface area contributed by atoms with Gasteiger partial charge in [-0.25, -0.2) is 4.39 Å². The summed E-state index contributed by atoms with van der Waals surface area (Å²) in [4.78, 5) is 30.5. The Labute approximate surface area is 184 Å². The van der Waals surface area contributed by atoms with Gasteiger partial charge in [0.2, 0.25) is 5.91 Å². The van der Waals surface area contributed by atoms with Crippen LogP contribution in [0.15, 0.2) is 42.5 Å². The molecule has 31 heavy (non-hydrogen) atoms. The molecule has 0 radical (unpaired) electrons. The minimum absolute atomic E-state index is 0.0974. The summed E-state index contributed by atoms with van der Waals surface area (Å²) in [5, 5.41) is 2.84. The number of carbonyl (C=O) groups is 2. The van der Waals surface area contributed by atoms with Crippen molar-refractivity contribution >= 4 is 23.2 Å². The molecule has 0 saturated heterocycles. The van der Waals surface area contributed by atoms with Gasteiger partial charge in [0.05, 0.1) is 27.2 Å². The number of anilines is 2. The Morgan fingerprint density at radius 2 is 1.81 bits per heavy atom. The molecule has 2 aromatic carbocycles. The van der Waals surface area contributed by atoms with Gasteiger partial charge in [-0.15, -0.1) is 0 Å². The van der Waals surface area contributed by atoms with Crippen molar-refractivity contribution in [2.45, 2.75) is 20.4 Å². The zero-order chi connectivity index (χ0) is 23.1. The standard InChI is InChI=1S/C24H33FN4O2/c1-17(2)24(31)29(13-12-27(3)4)16-19-15-21(10-11-22(19)28(5)6)26-23(30)18-8-7-9-20(25)14-18/h7-11,14-15,17H,12-13,16H2,1-6H3,(H,26,30)/p+1. The number of benzene rings is 2. The van der Waals surface area contributed by atoms with E-state index in [1.807, 2.05) is 55.9 Å². The van der Waals surface area contributed by atoms with Crippen molar-refractivity contribution in [3.63, 3.8) is 0 Å². The normalized spacial score (nSPS) is 11.0. The molecule has 2 amide bonds. The fraction of sp³-hybridized carbons (Fsp3) is 0.417. The van der Waals surface area contributed by atoms with Crippen molar-refractivity contribution in [2.75, 3.05) is 51.5 Å². The number of hydrogen-bond acceptors (Lipinski definition) is 3. The van der Waals surface area contributed by atoms with Crippen molar-refractivity contribution in [2.24, 2.45) is 5.92 Å². The van der Waals surface area contributed by atoms with Crippen molar-refractivity contribution < 1.29 is 18.9 Å². The third kappa shape index (κ3) is 7.07. The van der Waals surface area contributed by atoms with Crippen LogP contribution in [0.5, 0.6) is 0 Å². The molecule has 0 atom stereocenters. The number of likely N-dealkylation sites (N-methyl/N-ethyl adjacent to an activating group) is 1. The van der Waals surface area contributed by atoms with E-state index in [9.17, 15) is 14.0 Å². The lowest BCUT2D eigenvalue weighted by Gasteiger charge is -2.28. The maximum Gasteiger partial charge on any atom is 0.255 e. The van der Waals surface area contributed by atoms with Gasteiger partial charge in [0.1, 0.15) is 5.82 Å². The van der Waals surface area contributed by atoms with Crippen LogP contribution in [0.4, 0.5) is 15.8 Å². The average Bonchev–Trinajstić information content (AvgIpc) is 2.70. The van der Waals surface area contributed by atoms with Crippen LogP contribution in [0.2, 0.25) is 0 Å². The van der Waals surface area contributed by atoms with Gasteiger partial charge in [-0.2, -0.15) is 0 Å². The van der Waals surface area contributed by atoms with E-state index in [1.54, 1.807) is 6.07 Å². The van der Waals surface area contributed by atoms with Crippen LogP contribution in [-0.4, -0.2) is 58.0 Å². The Hall–Kier alpha value is -2.93. The molecule has 2 N–H and O–H groups in total. The zero-order valence-electron chi connectivity index (χ0n) is 19.3. The predicted molar refractivity (Wildman–Crippen MR) is 123 cm³/mol. The van der Waals surface area contributed by atoms with E-state index in [1.165, 1.54) is 23.1 Å². The summed E-state index contributed by atoms with van der Waals surface area (Å²) in [7, 11) is 8.02. The summed E-state index contributed by atoms with van der Waals surface area (Å²) in [5.74, 6) is -0.840. The highest BCUT2D eigenvalue weighted by Gasteiger charge is 2.20. The summed E-state index contributed by atoms with van der Waals surface area (Å²) in [5.41, 5.74) is 2.76. The molecule has 2 rings (SSSR count). The second-order valence-corrected chi connectivity index (χ2v) is 8.57. The smallest absolute Gasteiger partial charge is 0.255 e. The SMILES string of the molecule is CC(C)C(=O)N(CC[NH+](C)C)Cc1cc(NC(=O)c2cccc(F)c2)ccc1N(C)C. The summed E-state index contributed by atoms with van der Waals surface area (Å²) >= 11 is 0. The number of rotatable bonds is 9. The zero-order valence-corrected chi connectivity index (χ0v) is 19.3. The highest BCUT2D eigenvalue weighted by Crippen LogP contribution is 2.25. The molecule has 0 aromatic heterocycles. The first-order valence-corrected chi connectivity index (χ1v) is 10.5. The average molecular weight is 430 g/mol. The molecular formula is C24H34FN4O2+. The fourth-order valence-corrected chi connectivity index (χ4v) is 3.26. The number of hydrogen-bond donors (Lipinski definition) is 2. The van der Waals surface area contributed by atoms with E-state index in [-0.39, 0.29) is 23.3 Å². The predicted octanol–water partition coefficient (Wildman–Crippen LogP) is 2.27. The lowest BCUT2D eigenvalue weighted by Crippen LogP contribution is -3.06. The molecule has 7 heteroatoms. The van der Waals surface area contributed by atoms with Crippen molar-refractivity contribution in [1.29, 1.82) is 0 Å². The second-order valence-electron chi connectivity index (χ2n) is 8.57. The van der Waals surface area contributed by atoms with Gasteiger partial charge >= 0.3 is 0 Å². The van der Waals surface area contributed by atoms with Crippen molar-refractivity contribution in [1.82, 2.24) is 4.90 Å². The molecular weight excluding hydrogens is 395 g/mol. The molecule has 0 aliphatic rings. The van der Waals surface area contributed by atoms with E-state index in [0.29, 0.717) is 18.8 Å². The third-order valence-corrected chi connectivity index (χ3v) is 4.95. The van der Waals surface area contributed by atoms with Crippen LogP contribution in [-0.2, 0) is 11.3 Å². The maximum atomic E-state index is 13.5. The molecule has 0 aliphatic heterocycles. The summed E-state index contributed by atoms with van der Waals surface area (Å²) < 4.78 is 13.5. The lowest BCUT2D eigenvalue weighted by molar-refractivity contribution is -0.857. The monoisotopic (exact) mass is 429 g/mol. The van der Waals surface area contributed by atoms with Gasteiger partial charge in [-0.05, 0) is 42.0 Å². The van der Waals surface area contributed by atoms with Crippen molar-refractivity contribution in [3.05, 3.63) is 59.4 Å². The van der Waals surface area contributed by atoms with Crippen LogP contribution in [0.25, 0.3) is 0 Å². The van der Waals surface area contributed by atoms with Crippen LogP contribution < -0.4 is 15.1 Å². The Morgan fingerprint density at radius 3 is 2.39 bits per heavy atom. The largest absolute Gasteiger partial charge is 0.377 e. The van der Waals surface area contributed by atoms with Crippen LogP contribution in [0.3, 0.4) is 0 Å². The number of nitrogens with one attached hydrogen (secondary N) is 2. The van der Waals surface area contributed by atoms with Crippen LogP contribution >= 0.6 is 0 Å². The topological polar surface area (TPSA) is 57.1 Å². The molecule has 0 spiro atoms. The first-order valence-electron chi connectivity index (χ1n) is 10.5. The molecule has 0 unspecified atom stereocenters. The molecule has 0 fully saturated rings. The van der Waals surface area contributed by atoms with Crippen molar-refractivity contribution in [3.8, 4) is 0 Å². The van der Waals surface area contributed by atoms with Gasteiger partial charge in [0.25, 0.3) is 5.91 Å². The highest BCUT2D eigenvalue weighted by atomic mass is 19.1. The molecule has 6 nitrogen and oxygen atoms in total. The molecule has 0 bridgehead atoms. The second kappa shape index (κ2) is 10.9. The number of amides is 2. The summed E-state index contributed by atoms with van der Waals surface area (Å²) in [6.45, 7) is 5.74. The number of quaternary nitrogens is 1. The van der Waals surface area contributed by atoms with E-state index < -0.39 is 5.82 Å². The number of carbonyl (C=O) groups excluding carboxylic acids is 2. The minimum atomic E-state index is -0.456. The highest BCUT2D eigenvalue weighted by molar-refractivity contribution is 6.04. The van der Waals surface area contributed by atoms with Gasteiger partial charge in [0.15, 0.2) is 0 Å². The van der Waals surface area contributed by atoms with Gasteiger partial charge in [0, 0.05) is 43.5 Å². The molecule has 0 aliphatic carbocycles. The molecule has 0 heterocycles. The molecule has 2 aromatic rings. The Morgan fingerprint density at radius 1 is 1.10 bits per heavy atom. The Balaban J connectivity index is 2.31. The van der Waals surface area contributed by atoms with Gasteiger partial charge in [-0.1, -0.05) is 19.9 Å². The van der Waals surface area contributed by atoms with E-state index in [2.05, 4.69) is 19.4 Å². The van der Waals surface area contributed by atoms with Gasteiger partial charge in [-0.3, -0.25) is 9.59 Å². The maximum absolute atomic E-state index is 13.5. The quantitative estimate of drug-likeness (QED) is 0.643. The van der Waals surface area contributed by atoms with E-state index in [4.69, 9.17) is 0 Å². The van der Waals surface area contributed by atoms with E-state index >= 15 is 0 Å². The third-order valence-electron chi connectivity index (χ3n) is 4.95.